The fourth-order valence-electron chi connectivity index (χ4n) is 2.71. The fraction of sp³-hybridized carbons (Fsp3) is 0.357. The van der Waals surface area contributed by atoms with Crippen molar-refractivity contribution < 1.29 is 14.3 Å². The van der Waals surface area contributed by atoms with E-state index in [-0.39, 0.29) is 11.9 Å². The molecule has 1 unspecified atom stereocenters. The van der Waals surface area contributed by atoms with Gasteiger partial charge in [0.25, 0.3) is 0 Å². The second-order valence-corrected chi connectivity index (χ2v) is 4.64. The summed E-state index contributed by atoms with van der Waals surface area (Å²) in [6.07, 6.45) is 0. The van der Waals surface area contributed by atoms with Gasteiger partial charge in [0.05, 0.1) is 20.1 Å². The van der Waals surface area contributed by atoms with Crippen LogP contribution in [0.5, 0.6) is 5.75 Å². The molecule has 2 N–H and O–H groups in total. The number of aromatic amines is 1. The number of methoxy groups -OCH3 is 2. The quantitative estimate of drug-likeness (QED) is 0.804. The molecule has 2 aromatic rings. The average Bonchev–Trinajstić information content (AvgIpc) is 2.83. The van der Waals surface area contributed by atoms with Crippen LogP contribution >= 0.6 is 0 Å². The highest BCUT2D eigenvalue weighted by Gasteiger charge is 2.30. The number of carbonyl (C=O) groups excluding carboxylic acids is 1. The molecule has 5 nitrogen and oxygen atoms in total. The molecular formula is C14H16N2O3. The maximum Gasteiger partial charge on any atom is 0.314 e. The van der Waals surface area contributed by atoms with Gasteiger partial charge in [0.15, 0.2) is 0 Å². The SMILES string of the molecule is COC(=O)C1CNCc2[nH]c3cc(OC)ccc3c21. The second kappa shape index (κ2) is 4.59. The molecule has 19 heavy (non-hydrogen) atoms. The lowest BCUT2D eigenvalue weighted by Gasteiger charge is -2.21. The number of hydrogen-bond acceptors (Lipinski definition) is 4. The molecule has 2 heterocycles. The van der Waals surface area contributed by atoms with E-state index in [1.54, 1.807) is 7.11 Å². The Balaban J connectivity index is 2.17. The van der Waals surface area contributed by atoms with E-state index in [2.05, 4.69) is 10.3 Å². The first kappa shape index (κ1) is 12.0. The summed E-state index contributed by atoms with van der Waals surface area (Å²) in [7, 11) is 3.07. The average molecular weight is 260 g/mol. The summed E-state index contributed by atoms with van der Waals surface area (Å²) >= 11 is 0. The maximum absolute atomic E-state index is 11.9. The van der Waals surface area contributed by atoms with Crippen LogP contribution in [0.1, 0.15) is 17.2 Å². The van der Waals surface area contributed by atoms with Gasteiger partial charge >= 0.3 is 5.97 Å². The molecule has 1 aromatic carbocycles. The third-order valence-electron chi connectivity index (χ3n) is 3.61. The lowest BCUT2D eigenvalue weighted by molar-refractivity contribution is -0.142. The largest absolute Gasteiger partial charge is 0.497 e. The highest BCUT2D eigenvalue weighted by atomic mass is 16.5. The molecule has 0 radical (unpaired) electrons. The topological polar surface area (TPSA) is 63.3 Å². The Kier molecular flexibility index (Phi) is 2.91. The van der Waals surface area contributed by atoms with E-state index in [9.17, 15) is 4.79 Å². The van der Waals surface area contributed by atoms with Gasteiger partial charge in [-0.05, 0) is 17.7 Å². The first-order valence-electron chi connectivity index (χ1n) is 6.21. The summed E-state index contributed by atoms with van der Waals surface area (Å²) in [5, 5.41) is 4.30. The molecule has 0 saturated heterocycles. The number of rotatable bonds is 2. The van der Waals surface area contributed by atoms with Gasteiger partial charge in [0, 0.05) is 35.8 Å². The van der Waals surface area contributed by atoms with Gasteiger partial charge in [0.1, 0.15) is 5.75 Å². The zero-order chi connectivity index (χ0) is 13.4. The first-order valence-corrected chi connectivity index (χ1v) is 6.21. The van der Waals surface area contributed by atoms with E-state index >= 15 is 0 Å². The van der Waals surface area contributed by atoms with E-state index in [1.807, 2.05) is 18.2 Å². The Morgan fingerprint density at radius 2 is 2.21 bits per heavy atom. The van der Waals surface area contributed by atoms with Crippen molar-refractivity contribution in [1.82, 2.24) is 10.3 Å². The van der Waals surface area contributed by atoms with Crippen LogP contribution in [0.25, 0.3) is 10.9 Å². The minimum absolute atomic E-state index is 0.204. The van der Waals surface area contributed by atoms with Crippen molar-refractivity contribution in [3.8, 4) is 5.75 Å². The van der Waals surface area contributed by atoms with Gasteiger partial charge in [-0.2, -0.15) is 0 Å². The zero-order valence-electron chi connectivity index (χ0n) is 10.9. The number of benzene rings is 1. The Morgan fingerprint density at radius 3 is 2.95 bits per heavy atom. The monoisotopic (exact) mass is 260 g/mol. The predicted octanol–water partition coefficient (Wildman–Crippen LogP) is 1.54. The molecule has 1 atom stereocenters. The lowest BCUT2D eigenvalue weighted by atomic mass is 9.93. The Labute approximate surface area is 110 Å². The lowest BCUT2D eigenvalue weighted by Crippen LogP contribution is -2.32. The Morgan fingerprint density at radius 1 is 1.37 bits per heavy atom. The second-order valence-electron chi connectivity index (χ2n) is 4.64. The van der Waals surface area contributed by atoms with Crippen molar-refractivity contribution in [2.45, 2.75) is 12.5 Å². The molecule has 0 amide bonds. The van der Waals surface area contributed by atoms with Crippen molar-refractivity contribution in [3.05, 3.63) is 29.5 Å². The number of H-pyrrole nitrogens is 1. The van der Waals surface area contributed by atoms with Gasteiger partial charge in [-0.1, -0.05) is 0 Å². The first-order chi connectivity index (χ1) is 9.24. The van der Waals surface area contributed by atoms with Gasteiger partial charge in [-0.3, -0.25) is 4.79 Å². The number of ether oxygens (including phenoxy) is 2. The number of fused-ring (bicyclic) bond motifs is 3. The van der Waals surface area contributed by atoms with Crippen LogP contribution in [0.3, 0.4) is 0 Å². The normalized spacial score (nSPS) is 18.1. The van der Waals surface area contributed by atoms with Crippen LogP contribution in [-0.2, 0) is 16.1 Å². The van der Waals surface area contributed by atoms with Crippen LogP contribution in [-0.4, -0.2) is 31.7 Å². The molecule has 0 spiro atoms. The summed E-state index contributed by atoms with van der Waals surface area (Å²) < 4.78 is 10.1. The molecule has 0 fully saturated rings. The van der Waals surface area contributed by atoms with Crippen molar-refractivity contribution in [2.24, 2.45) is 0 Å². The van der Waals surface area contributed by atoms with Crippen molar-refractivity contribution in [2.75, 3.05) is 20.8 Å². The van der Waals surface area contributed by atoms with Crippen LogP contribution in [0, 0.1) is 0 Å². The highest BCUT2D eigenvalue weighted by molar-refractivity contribution is 5.92. The molecule has 1 aliphatic heterocycles. The van der Waals surface area contributed by atoms with E-state index in [0.717, 1.165) is 34.5 Å². The highest BCUT2D eigenvalue weighted by Crippen LogP contribution is 2.34. The maximum atomic E-state index is 11.9. The number of hydrogen-bond donors (Lipinski definition) is 2. The molecule has 0 bridgehead atoms. The minimum Gasteiger partial charge on any atom is -0.497 e. The number of carbonyl (C=O) groups is 1. The van der Waals surface area contributed by atoms with Gasteiger partial charge in [-0.25, -0.2) is 0 Å². The standard InChI is InChI=1S/C14H16N2O3/c1-18-8-3-4-9-11(5-8)16-12-7-15-6-10(13(9)12)14(17)19-2/h3-5,10,15-16H,6-7H2,1-2H3. The Hall–Kier alpha value is -2.01. The van der Waals surface area contributed by atoms with E-state index in [0.29, 0.717) is 6.54 Å². The van der Waals surface area contributed by atoms with Gasteiger partial charge < -0.3 is 19.8 Å². The Bertz CT molecular complexity index is 633. The number of esters is 1. The molecule has 0 saturated carbocycles. The van der Waals surface area contributed by atoms with Crippen LogP contribution in [0.2, 0.25) is 0 Å². The predicted molar refractivity (Wildman–Crippen MR) is 71.3 cm³/mol. The van der Waals surface area contributed by atoms with Crippen LogP contribution in [0.4, 0.5) is 0 Å². The zero-order valence-corrected chi connectivity index (χ0v) is 10.9. The van der Waals surface area contributed by atoms with Crippen LogP contribution in [0.15, 0.2) is 18.2 Å². The summed E-state index contributed by atoms with van der Waals surface area (Å²) in [5.74, 6) is 0.342. The molecule has 1 aliphatic rings. The molecule has 100 valence electrons. The van der Waals surface area contributed by atoms with Crippen LogP contribution < -0.4 is 10.1 Å². The van der Waals surface area contributed by atoms with Crippen molar-refractivity contribution >= 4 is 16.9 Å². The summed E-state index contributed by atoms with van der Waals surface area (Å²) in [6.45, 7) is 1.35. The molecule has 0 aliphatic carbocycles. The van der Waals surface area contributed by atoms with E-state index in [4.69, 9.17) is 9.47 Å². The van der Waals surface area contributed by atoms with Crippen molar-refractivity contribution in [1.29, 1.82) is 0 Å². The molecular weight excluding hydrogens is 244 g/mol. The third kappa shape index (κ3) is 1.86. The third-order valence-corrected chi connectivity index (χ3v) is 3.61. The minimum atomic E-state index is -0.254. The fourth-order valence-corrected chi connectivity index (χ4v) is 2.71. The summed E-state index contributed by atoms with van der Waals surface area (Å²) in [6, 6.07) is 5.85. The van der Waals surface area contributed by atoms with E-state index < -0.39 is 0 Å². The van der Waals surface area contributed by atoms with Gasteiger partial charge in [-0.15, -0.1) is 0 Å². The number of aromatic nitrogens is 1. The molecule has 3 rings (SSSR count). The van der Waals surface area contributed by atoms with Gasteiger partial charge in [0.2, 0.25) is 0 Å². The summed E-state index contributed by atoms with van der Waals surface area (Å²) in [4.78, 5) is 15.2. The van der Waals surface area contributed by atoms with Crippen molar-refractivity contribution in [3.63, 3.8) is 0 Å². The summed E-state index contributed by atoms with van der Waals surface area (Å²) in [5.41, 5.74) is 3.08. The smallest absolute Gasteiger partial charge is 0.314 e. The number of nitrogens with one attached hydrogen (secondary N) is 2. The molecule has 5 heteroatoms. The van der Waals surface area contributed by atoms with E-state index in [1.165, 1.54) is 7.11 Å². The molecule has 1 aromatic heterocycles.